The average Bonchev–Trinajstić information content (AvgIpc) is 3.09. The third-order valence-electron chi connectivity index (χ3n) is 7.17. The van der Waals surface area contributed by atoms with Crippen LogP contribution in [0.4, 0.5) is 11.4 Å². The van der Waals surface area contributed by atoms with Crippen LogP contribution in [-0.4, -0.2) is 28.8 Å². The molecule has 0 saturated heterocycles. The summed E-state index contributed by atoms with van der Waals surface area (Å²) >= 11 is 7.53. The maximum atomic E-state index is 13.7. The number of thioether (sulfide) groups is 1. The molecule has 0 aliphatic heterocycles. The van der Waals surface area contributed by atoms with E-state index in [9.17, 15) is 24.3 Å². The Morgan fingerprint density at radius 1 is 0.750 bits per heavy atom. The molecule has 10 heteroatoms. The molecule has 5 aromatic carbocycles. The van der Waals surface area contributed by atoms with Crippen molar-refractivity contribution in [1.29, 1.82) is 0 Å². The van der Waals surface area contributed by atoms with Gasteiger partial charge in [0, 0.05) is 16.1 Å². The van der Waals surface area contributed by atoms with Gasteiger partial charge in [-0.2, -0.15) is 0 Å². The Morgan fingerprint density at radius 3 is 2.15 bits per heavy atom. The minimum atomic E-state index is -1.15. The molecule has 3 amide bonds. The summed E-state index contributed by atoms with van der Waals surface area (Å²) in [4.78, 5) is 52.5. The molecular formula is C38H30ClN3O5S. The number of carbonyl (C=O) groups is 4. The molecule has 48 heavy (non-hydrogen) atoms. The van der Waals surface area contributed by atoms with Gasteiger partial charge < -0.3 is 21.1 Å². The first-order valence-electron chi connectivity index (χ1n) is 14.8. The normalized spacial score (nSPS) is 11.7. The van der Waals surface area contributed by atoms with Gasteiger partial charge in [-0.25, -0.2) is 4.79 Å². The van der Waals surface area contributed by atoms with Crippen molar-refractivity contribution in [2.75, 3.05) is 10.6 Å². The molecule has 0 aliphatic rings. The molecular weight excluding hydrogens is 646 g/mol. The monoisotopic (exact) mass is 675 g/mol. The quantitative estimate of drug-likeness (QED) is 0.0826. The summed E-state index contributed by atoms with van der Waals surface area (Å²) in [5, 5.41) is 17.2. The van der Waals surface area contributed by atoms with Crippen LogP contribution in [0.2, 0.25) is 5.02 Å². The summed E-state index contributed by atoms with van der Waals surface area (Å²) in [7, 11) is 0. The second-order valence-electron chi connectivity index (χ2n) is 10.6. The third-order valence-corrected chi connectivity index (χ3v) is 8.75. The van der Waals surface area contributed by atoms with E-state index in [1.54, 1.807) is 54.6 Å². The summed E-state index contributed by atoms with van der Waals surface area (Å²) < 4.78 is 0. The first-order valence-corrected chi connectivity index (χ1v) is 16.0. The number of rotatable bonds is 11. The zero-order valence-corrected chi connectivity index (χ0v) is 27.2. The van der Waals surface area contributed by atoms with E-state index in [-0.39, 0.29) is 22.0 Å². The van der Waals surface area contributed by atoms with Gasteiger partial charge >= 0.3 is 5.97 Å². The van der Waals surface area contributed by atoms with Gasteiger partial charge in [-0.1, -0.05) is 90.5 Å². The zero-order valence-electron chi connectivity index (χ0n) is 25.6. The van der Waals surface area contributed by atoms with Crippen LogP contribution in [0.25, 0.3) is 6.08 Å². The lowest BCUT2D eigenvalue weighted by Gasteiger charge is -2.18. The van der Waals surface area contributed by atoms with Crippen molar-refractivity contribution in [3.05, 3.63) is 166 Å². The van der Waals surface area contributed by atoms with Gasteiger partial charge in [0.05, 0.1) is 16.3 Å². The number of halogens is 1. The van der Waals surface area contributed by atoms with Crippen molar-refractivity contribution in [3.63, 3.8) is 0 Å². The number of carboxylic acid groups (broad SMARTS) is 1. The smallest absolute Gasteiger partial charge is 0.335 e. The first kappa shape index (κ1) is 33.7. The highest BCUT2D eigenvalue weighted by Crippen LogP contribution is 2.38. The Hall–Kier alpha value is -5.64. The zero-order chi connectivity index (χ0) is 34.0. The highest BCUT2D eigenvalue weighted by Gasteiger charge is 2.24. The van der Waals surface area contributed by atoms with E-state index in [1.807, 2.05) is 67.6 Å². The van der Waals surface area contributed by atoms with Crippen LogP contribution in [0.5, 0.6) is 0 Å². The number of nitrogens with one attached hydrogen (secondary N) is 3. The minimum absolute atomic E-state index is 0.0159. The van der Waals surface area contributed by atoms with Gasteiger partial charge in [-0.15, -0.1) is 11.8 Å². The van der Waals surface area contributed by atoms with E-state index in [0.717, 1.165) is 11.1 Å². The Morgan fingerprint density at radius 2 is 1.44 bits per heavy atom. The first-order chi connectivity index (χ1) is 23.2. The lowest BCUT2D eigenvalue weighted by Crippen LogP contribution is -2.30. The fourth-order valence-electron chi connectivity index (χ4n) is 4.68. The van der Waals surface area contributed by atoms with Crippen LogP contribution in [-0.2, 0) is 9.59 Å². The van der Waals surface area contributed by atoms with Crippen LogP contribution in [0.3, 0.4) is 0 Å². The summed E-state index contributed by atoms with van der Waals surface area (Å²) in [6.07, 6.45) is 1.63. The van der Waals surface area contributed by atoms with E-state index in [1.165, 1.54) is 30.0 Å². The summed E-state index contributed by atoms with van der Waals surface area (Å²) in [5.41, 5.74) is 3.46. The molecule has 8 nitrogen and oxygen atoms in total. The molecule has 0 saturated carbocycles. The van der Waals surface area contributed by atoms with E-state index in [0.29, 0.717) is 21.7 Å². The molecule has 0 fully saturated rings. The average molecular weight is 676 g/mol. The van der Waals surface area contributed by atoms with Crippen molar-refractivity contribution in [1.82, 2.24) is 5.32 Å². The van der Waals surface area contributed by atoms with Crippen LogP contribution in [0.15, 0.2) is 138 Å². The number of anilines is 2. The molecule has 0 aromatic heterocycles. The van der Waals surface area contributed by atoms with Crippen molar-refractivity contribution >= 4 is 64.5 Å². The topological polar surface area (TPSA) is 125 Å². The number of benzene rings is 5. The molecule has 240 valence electrons. The molecule has 1 atom stereocenters. The lowest BCUT2D eigenvalue weighted by molar-refractivity contribution is -0.116. The number of amides is 3. The van der Waals surface area contributed by atoms with Gasteiger partial charge in [-0.05, 0) is 78.2 Å². The lowest BCUT2D eigenvalue weighted by atomic mass is 10.1. The Balaban J connectivity index is 1.39. The van der Waals surface area contributed by atoms with Crippen molar-refractivity contribution in [2.45, 2.75) is 17.1 Å². The molecule has 5 rings (SSSR count). The number of carboxylic acids is 1. The summed E-state index contributed by atoms with van der Waals surface area (Å²) in [6.45, 7) is 1.91. The van der Waals surface area contributed by atoms with Crippen LogP contribution in [0.1, 0.15) is 42.7 Å². The SMILES string of the molecule is Cc1ccccc1/C=C(\NC(=O)c1ccccc1)C(=O)Nc1cccc(SC(C(=O)Nc2cc(C(=O)O)ccc2Cl)c2ccccc2)c1. The van der Waals surface area contributed by atoms with Gasteiger partial charge in [0.1, 0.15) is 10.9 Å². The van der Waals surface area contributed by atoms with Gasteiger partial charge in [0.2, 0.25) is 5.91 Å². The van der Waals surface area contributed by atoms with E-state index < -0.39 is 28.9 Å². The third kappa shape index (κ3) is 8.79. The van der Waals surface area contributed by atoms with Crippen LogP contribution >= 0.6 is 23.4 Å². The van der Waals surface area contributed by atoms with Crippen LogP contribution < -0.4 is 16.0 Å². The number of carbonyl (C=O) groups excluding carboxylic acids is 3. The minimum Gasteiger partial charge on any atom is -0.478 e. The van der Waals surface area contributed by atoms with E-state index in [2.05, 4.69) is 16.0 Å². The Kier molecular flexibility index (Phi) is 11.1. The molecule has 0 radical (unpaired) electrons. The van der Waals surface area contributed by atoms with Crippen molar-refractivity contribution in [3.8, 4) is 0 Å². The largest absolute Gasteiger partial charge is 0.478 e. The maximum absolute atomic E-state index is 13.7. The number of aryl methyl sites for hydroxylation is 1. The highest BCUT2D eigenvalue weighted by molar-refractivity contribution is 8.00. The standard InChI is InChI=1S/C38H30ClN3O5S/c1-24-11-8-9-16-27(24)21-33(42-35(43)26-14-6-3-7-15-26)36(44)40-29-17-10-18-30(23-29)48-34(25-12-4-2-5-13-25)37(45)41-32-22-28(38(46)47)19-20-31(32)39/h2-23,34H,1H3,(H,40,44)(H,41,45)(H,42,43)(H,46,47)/b33-21-. The number of hydrogen-bond donors (Lipinski definition) is 4. The second kappa shape index (κ2) is 15.8. The Bertz CT molecular complexity index is 2000. The fourth-order valence-corrected chi connectivity index (χ4v) is 5.93. The second-order valence-corrected chi connectivity index (χ2v) is 12.2. The van der Waals surface area contributed by atoms with Crippen molar-refractivity contribution < 1.29 is 24.3 Å². The van der Waals surface area contributed by atoms with E-state index >= 15 is 0 Å². The van der Waals surface area contributed by atoms with E-state index in [4.69, 9.17) is 11.6 Å². The fraction of sp³-hybridized carbons (Fsp3) is 0.0526. The number of hydrogen-bond acceptors (Lipinski definition) is 5. The molecule has 0 spiro atoms. The molecule has 5 aromatic rings. The summed E-state index contributed by atoms with van der Waals surface area (Å²) in [5.74, 6) is -2.53. The highest BCUT2D eigenvalue weighted by atomic mass is 35.5. The molecule has 1 unspecified atom stereocenters. The van der Waals surface area contributed by atoms with Crippen molar-refractivity contribution in [2.24, 2.45) is 0 Å². The van der Waals surface area contributed by atoms with Gasteiger partial charge in [0.15, 0.2) is 0 Å². The maximum Gasteiger partial charge on any atom is 0.335 e. The molecule has 0 bridgehead atoms. The predicted octanol–water partition coefficient (Wildman–Crippen LogP) is 8.23. The number of aromatic carboxylic acids is 1. The molecule has 4 N–H and O–H groups in total. The van der Waals surface area contributed by atoms with Gasteiger partial charge in [0.25, 0.3) is 11.8 Å². The van der Waals surface area contributed by atoms with Crippen LogP contribution in [0, 0.1) is 6.92 Å². The van der Waals surface area contributed by atoms with Gasteiger partial charge in [-0.3, -0.25) is 14.4 Å². The predicted molar refractivity (Wildman–Crippen MR) is 190 cm³/mol. The molecule has 0 heterocycles. The Labute approximate surface area is 286 Å². The molecule has 0 aliphatic carbocycles. The summed E-state index contributed by atoms with van der Waals surface area (Å²) in [6, 6.07) is 36.3.